The first-order chi connectivity index (χ1) is 16.1. The SMILES string of the molecule is CCN1CCN(c2c(C=C3SC(=S)N(C4CCS(=O)(=O)C4)C3=O)c(C)c(C#N)c(=O)n2C)CC1. The number of rotatable bonds is 4. The second-order valence-electron chi connectivity index (χ2n) is 8.74. The lowest BCUT2D eigenvalue weighted by atomic mass is 10.0. The summed E-state index contributed by atoms with van der Waals surface area (Å²) in [6.07, 6.45) is 2.08. The molecule has 34 heavy (non-hydrogen) atoms. The molecule has 3 aliphatic rings. The molecule has 1 aromatic heterocycles. The zero-order valence-corrected chi connectivity index (χ0v) is 21.9. The van der Waals surface area contributed by atoms with E-state index in [0.717, 1.165) is 31.4 Å². The van der Waals surface area contributed by atoms with E-state index in [1.165, 1.54) is 9.47 Å². The highest BCUT2D eigenvalue weighted by Crippen LogP contribution is 2.38. The fraction of sp³-hybridized carbons (Fsp3) is 0.545. The van der Waals surface area contributed by atoms with E-state index in [2.05, 4.69) is 16.7 Å². The molecule has 9 nitrogen and oxygen atoms in total. The maximum atomic E-state index is 13.3. The monoisotopic (exact) mass is 521 g/mol. The molecule has 1 unspecified atom stereocenters. The van der Waals surface area contributed by atoms with Crippen LogP contribution in [0.5, 0.6) is 0 Å². The Hall–Kier alpha value is -2.20. The molecule has 1 atom stereocenters. The molecule has 3 aliphatic heterocycles. The Morgan fingerprint density at radius 1 is 1.24 bits per heavy atom. The number of hydrogen-bond donors (Lipinski definition) is 0. The van der Waals surface area contributed by atoms with Crippen LogP contribution in [-0.2, 0) is 21.7 Å². The summed E-state index contributed by atoms with van der Waals surface area (Å²) in [5.74, 6) is 0.307. The summed E-state index contributed by atoms with van der Waals surface area (Å²) in [5, 5.41) is 9.64. The zero-order valence-electron chi connectivity index (χ0n) is 19.4. The molecule has 0 saturated carbocycles. The van der Waals surface area contributed by atoms with Crippen LogP contribution in [0.2, 0.25) is 0 Å². The summed E-state index contributed by atoms with van der Waals surface area (Å²) in [7, 11) is -1.53. The Morgan fingerprint density at radius 3 is 2.47 bits per heavy atom. The molecule has 0 spiro atoms. The van der Waals surface area contributed by atoms with Crippen LogP contribution in [0.3, 0.4) is 0 Å². The van der Waals surface area contributed by atoms with E-state index in [0.29, 0.717) is 45.7 Å². The van der Waals surface area contributed by atoms with Crippen LogP contribution in [0.4, 0.5) is 5.82 Å². The molecule has 0 bridgehead atoms. The number of carbonyl (C=O) groups excluding carboxylic acids is 1. The predicted octanol–water partition coefficient (Wildman–Crippen LogP) is 1.10. The van der Waals surface area contributed by atoms with Gasteiger partial charge in [-0.3, -0.25) is 19.1 Å². The molecule has 4 heterocycles. The number of pyridine rings is 1. The molecular weight excluding hydrogens is 494 g/mol. The fourth-order valence-electron chi connectivity index (χ4n) is 4.77. The molecule has 1 amide bonds. The number of amides is 1. The molecule has 0 N–H and O–H groups in total. The number of thioether (sulfide) groups is 1. The lowest BCUT2D eigenvalue weighted by molar-refractivity contribution is -0.123. The molecule has 1 aromatic rings. The average molecular weight is 522 g/mol. The van der Waals surface area contributed by atoms with Crippen molar-refractivity contribution in [1.82, 2.24) is 14.4 Å². The molecule has 0 aromatic carbocycles. The summed E-state index contributed by atoms with van der Waals surface area (Å²) in [5.41, 5.74) is 0.839. The van der Waals surface area contributed by atoms with Gasteiger partial charge in [-0.25, -0.2) is 8.42 Å². The maximum absolute atomic E-state index is 13.3. The van der Waals surface area contributed by atoms with Crippen molar-refractivity contribution >= 4 is 55.9 Å². The highest BCUT2D eigenvalue weighted by Gasteiger charge is 2.42. The Morgan fingerprint density at radius 2 is 1.91 bits per heavy atom. The van der Waals surface area contributed by atoms with E-state index in [9.17, 15) is 23.3 Å². The van der Waals surface area contributed by atoms with E-state index >= 15 is 0 Å². The molecule has 3 fully saturated rings. The number of carbonyl (C=O) groups is 1. The fourth-order valence-corrected chi connectivity index (χ4v) is 7.86. The van der Waals surface area contributed by atoms with Crippen molar-refractivity contribution in [2.24, 2.45) is 7.05 Å². The third kappa shape index (κ3) is 4.42. The summed E-state index contributed by atoms with van der Waals surface area (Å²) in [6.45, 7) is 7.92. The molecular formula is C22H27N5O4S3. The van der Waals surface area contributed by atoms with Gasteiger partial charge in [0.25, 0.3) is 11.5 Å². The number of thiocarbonyl (C=S) groups is 1. The largest absolute Gasteiger partial charge is 0.355 e. The first kappa shape index (κ1) is 24.9. The highest BCUT2D eigenvalue weighted by atomic mass is 32.2. The normalized spacial score (nSPS) is 24.3. The number of sulfone groups is 1. The number of nitriles is 1. The van der Waals surface area contributed by atoms with Crippen molar-refractivity contribution in [2.75, 3.05) is 49.1 Å². The van der Waals surface area contributed by atoms with Gasteiger partial charge in [0, 0.05) is 38.8 Å². The van der Waals surface area contributed by atoms with Crippen LogP contribution in [0.15, 0.2) is 9.70 Å². The summed E-state index contributed by atoms with van der Waals surface area (Å²) >= 11 is 6.58. The van der Waals surface area contributed by atoms with Crippen LogP contribution in [0.1, 0.15) is 30.0 Å². The van der Waals surface area contributed by atoms with E-state index < -0.39 is 15.9 Å². The Bertz CT molecular complexity index is 1290. The second-order valence-corrected chi connectivity index (χ2v) is 12.6. The smallest absolute Gasteiger partial charge is 0.270 e. The van der Waals surface area contributed by atoms with E-state index in [1.807, 2.05) is 6.07 Å². The minimum absolute atomic E-state index is 0.0436. The van der Waals surface area contributed by atoms with Gasteiger partial charge in [-0.15, -0.1) is 0 Å². The first-order valence-electron chi connectivity index (χ1n) is 11.2. The van der Waals surface area contributed by atoms with Gasteiger partial charge in [0.1, 0.15) is 21.8 Å². The molecule has 182 valence electrons. The maximum Gasteiger partial charge on any atom is 0.270 e. The van der Waals surface area contributed by atoms with E-state index in [-0.39, 0.29) is 28.5 Å². The minimum atomic E-state index is -3.18. The average Bonchev–Trinajstić information content (AvgIpc) is 3.29. The van der Waals surface area contributed by atoms with Gasteiger partial charge < -0.3 is 9.80 Å². The predicted molar refractivity (Wildman–Crippen MR) is 138 cm³/mol. The Balaban J connectivity index is 1.77. The van der Waals surface area contributed by atoms with Gasteiger partial charge in [-0.2, -0.15) is 5.26 Å². The first-order valence-corrected chi connectivity index (χ1v) is 14.2. The zero-order chi connectivity index (χ0) is 24.8. The van der Waals surface area contributed by atoms with Crippen LogP contribution >= 0.6 is 24.0 Å². The number of aromatic nitrogens is 1. The standard InChI is InChI=1S/C22H27N5O4S3/c1-4-25-6-8-26(9-7-25)19-16(14(2)17(12-23)20(28)24(19)3)11-18-21(29)27(22(32)33-18)15-5-10-34(30,31)13-15/h11,15H,4-10,13H2,1-3H3. The van der Waals surface area contributed by atoms with Gasteiger partial charge in [0.05, 0.1) is 22.5 Å². The highest BCUT2D eigenvalue weighted by molar-refractivity contribution is 8.26. The lowest BCUT2D eigenvalue weighted by Crippen LogP contribution is -2.48. The van der Waals surface area contributed by atoms with Crippen molar-refractivity contribution < 1.29 is 13.2 Å². The van der Waals surface area contributed by atoms with Gasteiger partial charge in [-0.05, 0) is 31.5 Å². The summed E-state index contributed by atoms with van der Waals surface area (Å²) in [4.78, 5) is 32.5. The minimum Gasteiger partial charge on any atom is -0.355 e. The van der Waals surface area contributed by atoms with Gasteiger partial charge >= 0.3 is 0 Å². The van der Waals surface area contributed by atoms with Gasteiger partial charge in [-0.1, -0.05) is 30.9 Å². The number of anilines is 1. The van der Waals surface area contributed by atoms with Gasteiger partial charge in [0.15, 0.2) is 9.84 Å². The number of piperazine rings is 1. The molecule has 0 radical (unpaired) electrons. The van der Waals surface area contributed by atoms with Crippen molar-refractivity contribution in [3.63, 3.8) is 0 Å². The van der Waals surface area contributed by atoms with E-state index in [1.54, 1.807) is 20.0 Å². The lowest BCUT2D eigenvalue weighted by Gasteiger charge is -2.37. The van der Waals surface area contributed by atoms with Crippen molar-refractivity contribution in [1.29, 1.82) is 5.26 Å². The quantitative estimate of drug-likeness (QED) is 0.425. The Labute approximate surface area is 208 Å². The second kappa shape index (κ2) is 9.45. The van der Waals surface area contributed by atoms with E-state index in [4.69, 9.17) is 12.2 Å². The molecule has 4 rings (SSSR count). The number of hydrogen-bond acceptors (Lipinski definition) is 9. The van der Waals surface area contributed by atoms with Crippen molar-refractivity contribution in [3.05, 3.63) is 31.9 Å². The molecule has 12 heteroatoms. The van der Waals surface area contributed by atoms with Crippen LogP contribution in [0, 0.1) is 18.3 Å². The topological polar surface area (TPSA) is 107 Å². The Kier molecular flexibility index (Phi) is 6.92. The summed E-state index contributed by atoms with van der Waals surface area (Å²) < 4.78 is 25.7. The summed E-state index contributed by atoms with van der Waals surface area (Å²) in [6, 6.07) is 1.56. The number of nitrogens with zero attached hydrogens (tertiary/aromatic N) is 5. The van der Waals surface area contributed by atoms with Crippen LogP contribution < -0.4 is 10.5 Å². The molecule has 3 saturated heterocycles. The third-order valence-electron chi connectivity index (χ3n) is 6.76. The van der Waals surface area contributed by atoms with Gasteiger partial charge in [0.2, 0.25) is 0 Å². The van der Waals surface area contributed by atoms with Crippen molar-refractivity contribution in [2.45, 2.75) is 26.3 Å². The molecule has 0 aliphatic carbocycles. The number of likely N-dealkylation sites (N-methyl/N-ethyl adjacent to an activating group) is 1. The van der Waals surface area contributed by atoms with Crippen LogP contribution in [-0.4, -0.2) is 83.3 Å². The van der Waals surface area contributed by atoms with Crippen molar-refractivity contribution in [3.8, 4) is 6.07 Å². The van der Waals surface area contributed by atoms with Crippen LogP contribution in [0.25, 0.3) is 6.08 Å². The third-order valence-corrected chi connectivity index (χ3v) is 9.84.